The van der Waals surface area contributed by atoms with Crippen molar-refractivity contribution in [2.75, 3.05) is 18.0 Å². The van der Waals surface area contributed by atoms with Gasteiger partial charge in [-0.1, -0.05) is 15.9 Å². The Morgan fingerprint density at radius 1 is 1.35 bits per heavy atom. The number of nitrogens with one attached hydrogen (secondary N) is 1. The third kappa shape index (κ3) is 2.71. The van der Waals surface area contributed by atoms with Crippen molar-refractivity contribution in [3.63, 3.8) is 0 Å². The number of anilines is 1. The van der Waals surface area contributed by atoms with E-state index in [9.17, 15) is 0 Å². The van der Waals surface area contributed by atoms with E-state index < -0.39 is 0 Å². The third-order valence-corrected chi connectivity index (χ3v) is 4.23. The van der Waals surface area contributed by atoms with Gasteiger partial charge < -0.3 is 10.6 Å². The maximum atomic E-state index is 5.93. The molecule has 0 amide bonds. The van der Waals surface area contributed by atoms with Crippen LogP contribution in [-0.2, 0) is 0 Å². The van der Waals surface area contributed by atoms with E-state index in [1.54, 1.807) is 0 Å². The monoisotopic (exact) mass is 335 g/mol. The molecule has 5 nitrogen and oxygen atoms in total. The molecule has 20 heavy (non-hydrogen) atoms. The molecule has 0 spiro atoms. The number of benzene rings is 1. The molecule has 6 heteroatoms. The van der Waals surface area contributed by atoms with Crippen molar-refractivity contribution in [3.8, 4) is 11.4 Å². The molecule has 0 saturated carbocycles. The zero-order valence-electron chi connectivity index (χ0n) is 11.4. The van der Waals surface area contributed by atoms with Gasteiger partial charge >= 0.3 is 0 Å². The fourth-order valence-electron chi connectivity index (χ4n) is 2.51. The first-order valence-corrected chi connectivity index (χ1v) is 7.62. The van der Waals surface area contributed by atoms with Gasteiger partial charge in [0.2, 0.25) is 5.95 Å². The molecule has 1 aliphatic heterocycles. The Hall–Kier alpha value is -1.40. The van der Waals surface area contributed by atoms with E-state index in [1.807, 2.05) is 6.07 Å². The van der Waals surface area contributed by atoms with Crippen LogP contribution in [0.5, 0.6) is 0 Å². The second kappa shape index (κ2) is 5.54. The second-order valence-electron chi connectivity index (χ2n) is 5.27. The fourth-order valence-corrected chi connectivity index (χ4v) is 2.98. The van der Waals surface area contributed by atoms with Crippen LogP contribution in [0.1, 0.15) is 18.4 Å². The van der Waals surface area contributed by atoms with Crippen molar-refractivity contribution < 1.29 is 0 Å². The summed E-state index contributed by atoms with van der Waals surface area (Å²) in [6, 6.07) is 6.47. The maximum absolute atomic E-state index is 5.93. The van der Waals surface area contributed by atoms with E-state index in [-0.39, 0.29) is 0 Å². The first kappa shape index (κ1) is 13.6. The van der Waals surface area contributed by atoms with Crippen LogP contribution in [0.25, 0.3) is 11.4 Å². The number of hydrogen-bond donors (Lipinski definition) is 2. The first-order chi connectivity index (χ1) is 9.63. The van der Waals surface area contributed by atoms with Crippen LogP contribution in [0.3, 0.4) is 0 Å². The number of aromatic amines is 1. The van der Waals surface area contributed by atoms with Crippen molar-refractivity contribution in [2.24, 2.45) is 5.73 Å². The van der Waals surface area contributed by atoms with Gasteiger partial charge in [-0.3, -0.25) is 5.10 Å². The molecular formula is C14H18BrN5. The van der Waals surface area contributed by atoms with E-state index in [4.69, 9.17) is 5.73 Å². The highest BCUT2D eigenvalue weighted by atomic mass is 79.9. The Balaban J connectivity index is 1.83. The summed E-state index contributed by atoms with van der Waals surface area (Å²) in [6.45, 7) is 3.93. The average Bonchev–Trinajstić information content (AvgIpc) is 2.89. The van der Waals surface area contributed by atoms with Crippen molar-refractivity contribution in [2.45, 2.75) is 25.8 Å². The minimum Gasteiger partial charge on any atom is -0.339 e. The molecule has 0 bridgehead atoms. The van der Waals surface area contributed by atoms with Gasteiger partial charge in [0.25, 0.3) is 0 Å². The van der Waals surface area contributed by atoms with Crippen LogP contribution in [0.4, 0.5) is 5.95 Å². The normalized spacial score (nSPS) is 16.6. The zero-order valence-corrected chi connectivity index (χ0v) is 13.0. The van der Waals surface area contributed by atoms with Crippen molar-refractivity contribution in [3.05, 3.63) is 28.2 Å². The molecule has 0 aliphatic carbocycles. The summed E-state index contributed by atoms with van der Waals surface area (Å²) < 4.78 is 1.07. The highest BCUT2D eigenvalue weighted by molar-refractivity contribution is 9.10. The summed E-state index contributed by atoms with van der Waals surface area (Å²) in [4.78, 5) is 6.81. The predicted molar refractivity (Wildman–Crippen MR) is 83.7 cm³/mol. The largest absolute Gasteiger partial charge is 0.339 e. The van der Waals surface area contributed by atoms with Crippen molar-refractivity contribution in [1.82, 2.24) is 15.2 Å². The molecule has 0 radical (unpaired) electrons. The molecule has 1 saturated heterocycles. The first-order valence-electron chi connectivity index (χ1n) is 6.83. The van der Waals surface area contributed by atoms with Gasteiger partial charge in [-0.2, -0.15) is 4.98 Å². The van der Waals surface area contributed by atoms with Crippen LogP contribution in [0, 0.1) is 6.92 Å². The summed E-state index contributed by atoms with van der Waals surface area (Å²) in [6.07, 6.45) is 2.00. The minimum absolute atomic E-state index is 0.318. The molecule has 3 rings (SSSR count). The molecule has 2 heterocycles. The topological polar surface area (TPSA) is 70.8 Å². The van der Waals surface area contributed by atoms with Gasteiger partial charge in [0.1, 0.15) is 0 Å². The Morgan fingerprint density at radius 3 is 2.80 bits per heavy atom. The standard InChI is InChI=1S/C14H18BrN5/c1-9-8-10(15)2-3-12(9)13-17-14(19-18-13)20-6-4-11(16)5-7-20/h2-3,8,11H,4-7,16H2,1H3,(H,17,18,19). The lowest BCUT2D eigenvalue weighted by Crippen LogP contribution is -2.40. The summed E-state index contributed by atoms with van der Waals surface area (Å²) >= 11 is 3.48. The van der Waals surface area contributed by atoms with Crippen LogP contribution in [-0.4, -0.2) is 34.3 Å². The SMILES string of the molecule is Cc1cc(Br)ccc1-c1nc(N2CCC(N)CC2)n[nH]1. The third-order valence-electron chi connectivity index (χ3n) is 3.74. The van der Waals surface area contributed by atoms with Crippen molar-refractivity contribution >= 4 is 21.9 Å². The van der Waals surface area contributed by atoms with E-state index >= 15 is 0 Å². The van der Waals surface area contributed by atoms with Gasteiger partial charge in [-0.05, 0) is 43.5 Å². The molecule has 1 aromatic carbocycles. The van der Waals surface area contributed by atoms with Crippen LogP contribution in [0.2, 0.25) is 0 Å². The smallest absolute Gasteiger partial charge is 0.245 e. The molecule has 1 aromatic heterocycles. The number of aryl methyl sites for hydroxylation is 1. The van der Waals surface area contributed by atoms with Crippen molar-refractivity contribution in [1.29, 1.82) is 0 Å². The van der Waals surface area contributed by atoms with Gasteiger partial charge in [0.05, 0.1) is 0 Å². The number of halogens is 1. The number of rotatable bonds is 2. The number of H-pyrrole nitrogens is 1. The lowest BCUT2D eigenvalue weighted by Gasteiger charge is -2.28. The molecule has 2 aromatic rings. The van der Waals surface area contributed by atoms with Gasteiger partial charge in [-0.25, -0.2) is 0 Å². The Morgan fingerprint density at radius 2 is 2.10 bits per heavy atom. The highest BCUT2D eigenvalue weighted by Gasteiger charge is 2.20. The fraction of sp³-hybridized carbons (Fsp3) is 0.429. The van der Waals surface area contributed by atoms with Gasteiger partial charge in [0, 0.05) is 29.2 Å². The zero-order chi connectivity index (χ0) is 14.1. The summed E-state index contributed by atoms with van der Waals surface area (Å²) in [5, 5.41) is 7.38. The van der Waals surface area contributed by atoms with E-state index in [2.05, 4.69) is 55.1 Å². The summed E-state index contributed by atoms with van der Waals surface area (Å²) in [7, 11) is 0. The summed E-state index contributed by atoms with van der Waals surface area (Å²) in [5.41, 5.74) is 8.18. The van der Waals surface area contributed by atoms with Gasteiger partial charge in [-0.15, -0.1) is 5.10 Å². The quantitative estimate of drug-likeness (QED) is 0.884. The van der Waals surface area contributed by atoms with E-state index in [1.165, 1.54) is 5.56 Å². The number of aromatic nitrogens is 3. The number of nitrogens with zero attached hydrogens (tertiary/aromatic N) is 3. The Kier molecular flexibility index (Phi) is 3.76. The van der Waals surface area contributed by atoms with E-state index in [0.717, 1.165) is 47.7 Å². The molecule has 106 valence electrons. The molecule has 1 aliphatic rings. The Bertz CT molecular complexity index is 601. The molecule has 0 atom stereocenters. The van der Waals surface area contributed by atoms with Crippen LogP contribution in [0.15, 0.2) is 22.7 Å². The minimum atomic E-state index is 0.318. The molecular weight excluding hydrogens is 318 g/mol. The van der Waals surface area contributed by atoms with Crippen LogP contribution < -0.4 is 10.6 Å². The number of nitrogens with two attached hydrogens (primary N) is 1. The summed E-state index contributed by atoms with van der Waals surface area (Å²) in [5.74, 6) is 1.59. The number of piperidine rings is 1. The lowest BCUT2D eigenvalue weighted by molar-refractivity contribution is 0.496. The molecule has 0 unspecified atom stereocenters. The maximum Gasteiger partial charge on any atom is 0.245 e. The Labute approximate surface area is 126 Å². The lowest BCUT2D eigenvalue weighted by atomic mass is 10.1. The van der Waals surface area contributed by atoms with Crippen LogP contribution >= 0.6 is 15.9 Å². The molecule has 3 N–H and O–H groups in total. The average molecular weight is 336 g/mol. The highest BCUT2D eigenvalue weighted by Crippen LogP contribution is 2.25. The van der Waals surface area contributed by atoms with E-state index in [0.29, 0.717) is 6.04 Å². The molecule has 1 fully saturated rings. The second-order valence-corrected chi connectivity index (χ2v) is 6.18. The number of hydrogen-bond acceptors (Lipinski definition) is 4. The predicted octanol–water partition coefficient (Wildman–Crippen LogP) is 2.47. The van der Waals surface area contributed by atoms with Gasteiger partial charge in [0.15, 0.2) is 5.82 Å².